The van der Waals surface area contributed by atoms with Crippen molar-refractivity contribution in [3.63, 3.8) is 0 Å². The van der Waals surface area contributed by atoms with Gasteiger partial charge in [-0.3, -0.25) is 9.59 Å². The van der Waals surface area contributed by atoms with Gasteiger partial charge < -0.3 is 15.0 Å². The van der Waals surface area contributed by atoms with E-state index in [1.807, 2.05) is 30.2 Å². The number of fused-ring (bicyclic) bond motifs is 2. The van der Waals surface area contributed by atoms with Gasteiger partial charge in [-0.05, 0) is 12.5 Å². The van der Waals surface area contributed by atoms with Crippen molar-refractivity contribution in [1.82, 2.24) is 24.8 Å². The van der Waals surface area contributed by atoms with Gasteiger partial charge in [0.15, 0.2) is 5.65 Å². The first-order valence-corrected chi connectivity index (χ1v) is 9.34. The Kier molecular flexibility index (Phi) is 3.58. The molecule has 5 rings (SSSR count). The lowest BCUT2D eigenvalue weighted by Gasteiger charge is -2.23. The molecule has 2 amide bonds. The van der Waals surface area contributed by atoms with E-state index in [1.165, 1.54) is 0 Å². The largest absolute Gasteiger partial charge is 0.360 e. The van der Waals surface area contributed by atoms with Crippen molar-refractivity contribution < 1.29 is 14.3 Å². The summed E-state index contributed by atoms with van der Waals surface area (Å²) in [5.41, 5.74) is 0.915. The molecule has 0 aliphatic carbocycles. The number of carbonyl (C=O) groups excluding carboxylic acids is 2. The number of nitrogens with zero attached hydrogens (tertiary/aromatic N) is 4. The first-order chi connectivity index (χ1) is 13.1. The van der Waals surface area contributed by atoms with Crippen LogP contribution < -0.4 is 5.32 Å². The summed E-state index contributed by atoms with van der Waals surface area (Å²) >= 11 is 0. The summed E-state index contributed by atoms with van der Waals surface area (Å²) in [6.07, 6.45) is 9.68. The van der Waals surface area contributed by atoms with E-state index >= 15 is 0 Å². The molecule has 8 nitrogen and oxygen atoms in total. The molecule has 27 heavy (non-hydrogen) atoms. The maximum absolute atomic E-state index is 13.0. The second-order valence-electron chi connectivity index (χ2n) is 7.44. The summed E-state index contributed by atoms with van der Waals surface area (Å²) in [7, 11) is 0. The van der Waals surface area contributed by atoms with E-state index in [9.17, 15) is 9.59 Å². The van der Waals surface area contributed by atoms with Crippen LogP contribution >= 0.6 is 0 Å². The highest BCUT2D eigenvalue weighted by Gasteiger charge is 2.66. The molecule has 3 aliphatic rings. The van der Waals surface area contributed by atoms with Gasteiger partial charge >= 0.3 is 0 Å². The minimum Gasteiger partial charge on any atom is -0.360 e. The highest BCUT2D eigenvalue weighted by atomic mass is 16.5. The predicted molar refractivity (Wildman–Crippen MR) is 95.4 cm³/mol. The van der Waals surface area contributed by atoms with E-state index in [1.54, 1.807) is 23.0 Å². The number of amides is 2. The SMILES string of the molecule is CCCN1C[C@]23C=CC(O2)C(C(=O)NCc2cnn4cccnc24)C3C1=O. The van der Waals surface area contributed by atoms with Crippen molar-refractivity contribution in [2.24, 2.45) is 11.8 Å². The molecule has 2 aromatic rings. The third-order valence-electron chi connectivity index (χ3n) is 5.78. The fraction of sp³-hybridized carbons (Fsp3) is 0.474. The number of aromatic nitrogens is 3. The fourth-order valence-electron chi connectivity index (χ4n) is 4.64. The molecule has 5 heterocycles. The summed E-state index contributed by atoms with van der Waals surface area (Å²) in [4.78, 5) is 32.0. The van der Waals surface area contributed by atoms with Gasteiger partial charge in [-0.1, -0.05) is 19.1 Å². The highest BCUT2D eigenvalue weighted by Crippen LogP contribution is 2.51. The van der Waals surface area contributed by atoms with Crippen LogP contribution in [0, 0.1) is 11.8 Å². The quantitative estimate of drug-likeness (QED) is 0.779. The summed E-state index contributed by atoms with van der Waals surface area (Å²) in [5, 5.41) is 7.20. The minimum absolute atomic E-state index is 0.0292. The molecule has 2 aromatic heterocycles. The van der Waals surface area contributed by atoms with Gasteiger partial charge in [0.25, 0.3) is 0 Å². The van der Waals surface area contributed by atoms with E-state index in [-0.39, 0.29) is 17.9 Å². The van der Waals surface area contributed by atoms with E-state index in [2.05, 4.69) is 15.4 Å². The number of nitrogens with one attached hydrogen (secondary N) is 1. The number of hydrogen-bond acceptors (Lipinski definition) is 5. The second kappa shape index (κ2) is 5.88. The number of rotatable bonds is 5. The monoisotopic (exact) mass is 367 g/mol. The fourth-order valence-corrected chi connectivity index (χ4v) is 4.64. The summed E-state index contributed by atoms with van der Waals surface area (Å²) < 4.78 is 7.78. The van der Waals surface area contributed by atoms with Crippen LogP contribution in [0.25, 0.3) is 5.65 Å². The van der Waals surface area contributed by atoms with Gasteiger partial charge in [0, 0.05) is 31.0 Å². The van der Waals surface area contributed by atoms with Crippen molar-refractivity contribution in [2.75, 3.05) is 13.1 Å². The van der Waals surface area contributed by atoms with Crippen molar-refractivity contribution >= 4 is 17.5 Å². The van der Waals surface area contributed by atoms with Crippen LogP contribution in [0.4, 0.5) is 0 Å². The Morgan fingerprint density at radius 1 is 1.48 bits per heavy atom. The van der Waals surface area contributed by atoms with Crippen LogP contribution in [0.3, 0.4) is 0 Å². The molecular formula is C19H21N5O3. The molecule has 0 saturated carbocycles. The smallest absolute Gasteiger partial charge is 0.230 e. The molecule has 3 unspecified atom stereocenters. The van der Waals surface area contributed by atoms with E-state index < -0.39 is 17.4 Å². The zero-order chi connectivity index (χ0) is 18.6. The third kappa shape index (κ3) is 2.32. The van der Waals surface area contributed by atoms with Crippen LogP contribution in [0.1, 0.15) is 18.9 Å². The average Bonchev–Trinajstić information content (AvgIpc) is 3.40. The van der Waals surface area contributed by atoms with Crippen LogP contribution in [0.2, 0.25) is 0 Å². The van der Waals surface area contributed by atoms with Crippen LogP contribution in [0.15, 0.2) is 36.8 Å². The Hall–Kier alpha value is -2.74. The summed E-state index contributed by atoms with van der Waals surface area (Å²) in [6.45, 7) is 3.60. The number of ether oxygens (including phenoxy) is 1. The zero-order valence-corrected chi connectivity index (χ0v) is 15.0. The van der Waals surface area contributed by atoms with E-state index in [4.69, 9.17) is 4.74 Å². The van der Waals surface area contributed by atoms with Gasteiger partial charge in [-0.2, -0.15) is 5.10 Å². The predicted octanol–water partition coefficient (Wildman–Crippen LogP) is 0.537. The Bertz CT molecular complexity index is 954. The van der Waals surface area contributed by atoms with Crippen LogP contribution in [0.5, 0.6) is 0 Å². The lowest BCUT2D eigenvalue weighted by atomic mass is 9.77. The summed E-state index contributed by atoms with van der Waals surface area (Å²) in [6, 6.07) is 1.80. The van der Waals surface area contributed by atoms with Gasteiger partial charge in [-0.25, -0.2) is 9.50 Å². The molecule has 2 bridgehead atoms. The Morgan fingerprint density at radius 3 is 3.22 bits per heavy atom. The molecule has 8 heteroatoms. The van der Waals surface area contributed by atoms with Crippen molar-refractivity contribution in [1.29, 1.82) is 0 Å². The van der Waals surface area contributed by atoms with Crippen LogP contribution in [-0.2, 0) is 20.9 Å². The third-order valence-corrected chi connectivity index (χ3v) is 5.78. The maximum atomic E-state index is 13.0. The molecule has 140 valence electrons. The van der Waals surface area contributed by atoms with Crippen molar-refractivity contribution in [3.8, 4) is 0 Å². The topological polar surface area (TPSA) is 88.8 Å². The zero-order valence-electron chi connectivity index (χ0n) is 15.0. The van der Waals surface area contributed by atoms with Crippen molar-refractivity contribution in [2.45, 2.75) is 31.6 Å². The lowest BCUT2D eigenvalue weighted by molar-refractivity contribution is -0.137. The van der Waals surface area contributed by atoms with Crippen molar-refractivity contribution in [3.05, 3.63) is 42.4 Å². The maximum Gasteiger partial charge on any atom is 0.230 e. The van der Waals surface area contributed by atoms with E-state index in [0.29, 0.717) is 25.3 Å². The first-order valence-electron chi connectivity index (χ1n) is 9.34. The lowest BCUT2D eigenvalue weighted by Crippen LogP contribution is -2.44. The molecule has 0 aromatic carbocycles. The summed E-state index contributed by atoms with van der Waals surface area (Å²) in [5.74, 6) is -1.04. The molecule has 1 N–H and O–H groups in total. The number of hydrogen-bond donors (Lipinski definition) is 1. The molecule has 2 fully saturated rings. The number of likely N-dealkylation sites (tertiary alicyclic amines) is 1. The van der Waals surface area contributed by atoms with Gasteiger partial charge in [-0.15, -0.1) is 0 Å². The van der Waals surface area contributed by atoms with Gasteiger partial charge in [0.1, 0.15) is 5.60 Å². The normalized spacial score (nSPS) is 31.1. The molecule has 1 spiro atoms. The second-order valence-corrected chi connectivity index (χ2v) is 7.44. The van der Waals surface area contributed by atoms with Gasteiger partial charge in [0.05, 0.1) is 30.7 Å². The Labute approximate surface area is 156 Å². The van der Waals surface area contributed by atoms with E-state index in [0.717, 1.165) is 12.0 Å². The molecule has 2 saturated heterocycles. The highest BCUT2D eigenvalue weighted by molar-refractivity contribution is 5.93. The molecular weight excluding hydrogens is 346 g/mol. The Balaban J connectivity index is 1.35. The molecule has 4 atom stereocenters. The first kappa shape index (κ1) is 16.4. The molecule has 0 radical (unpaired) electrons. The number of carbonyl (C=O) groups is 2. The minimum atomic E-state index is -0.634. The Morgan fingerprint density at radius 2 is 2.37 bits per heavy atom. The van der Waals surface area contributed by atoms with Crippen LogP contribution in [-0.4, -0.2) is 56.1 Å². The average molecular weight is 367 g/mol. The van der Waals surface area contributed by atoms with Gasteiger partial charge in [0.2, 0.25) is 11.8 Å². The molecule has 3 aliphatic heterocycles. The standard InChI is InChI=1S/C19H21N5O3/c1-2-7-23-11-19-5-4-13(27-19)14(15(19)18(23)26)17(25)21-9-12-10-22-24-8-3-6-20-16(12)24/h3-6,8,10,13-15H,2,7,9,11H2,1H3,(H,21,25)/t13?,14?,15?,19-/m0/s1.